The van der Waals surface area contributed by atoms with Crippen LogP contribution in [0.15, 0.2) is 30.5 Å². The van der Waals surface area contributed by atoms with E-state index in [0.717, 1.165) is 16.5 Å². The number of hydrogen-bond acceptors (Lipinski definition) is 6. The number of carbonyl (C=O) groups excluding carboxylic acids is 3. The van der Waals surface area contributed by atoms with E-state index in [-0.39, 0.29) is 18.3 Å². The lowest BCUT2D eigenvalue weighted by Gasteiger charge is -2.28. The third-order valence-electron chi connectivity index (χ3n) is 6.03. The summed E-state index contributed by atoms with van der Waals surface area (Å²) in [5.74, 6) is -3.94. The molecule has 0 aliphatic rings. The molecule has 0 spiro atoms. The number of aliphatic carboxylic acids is 1. The molecule has 5 atom stereocenters. The maximum atomic E-state index is 13.2. The third kappa shape index (κ3) is 7.28. The third-order valence-corrected chi connectivity index (χ3v) is 6.03. The first-order valence-electron chi connectivity index (χ1n) is 12.0. The molecule has 8 N–H and O–H groups in total. The average Bonchev–Trinajstić information content (AvgIpc) is 3.21. The number of nitrogens with one attached hydrogen (secondary N) is 4. The van der Waals surface area contributed by atoms with E-state index >= 15 is 0 Å². The van der Waals surface area contributed by atoms with Gasteiger partial charge in [0, 0.05) is 23.5 Å². The summed E-state index contributed by atoms with van der Waals surface area (Å²) in [6, 6.07) is 2.92. The smallest absolute Gasteiger partial charge is 0.326 e. The highest BCUT2D eigenvalue weighted by Gasteiger charge is 2.33. The molecule has 0 saturated carbocycles. The number of fused-ring (bicyclic) bond motifs is 1. The largest absolute Gasteiger partial charge is 0.480 e. The summed E-state index contributed by atoms with van der Waals surface area (Å²) < 4.78 is 0. The summed E-state index contributed by atoms with van der Waals surface area (Å²) in [5, 5.41) is 27.7. The summed E-state index contributed by atoms with van der Waals surface area (Å²) in [4.78, 5) is 53.7. The molecule has 36 heavy (non-hydrogen) atoms. The molecule has 3 amide bonds. The fraction of sp³-hybridized carbons (Fsp3) is 0.520. The van der Waals surface area contributed by atoms with Crippen LogP contribution >= 0.6 is 0 Å². The Morgan fingerprint density at radius 1 is 0.889 bits per heavy atom. The topological polar surface area (TPSA) is 187 Å². The minimum atomic E-state index is -1.23. The predicted molar refractivity (Wildman–Crippen MR) is 135 cm³/mol. The van der Waals surface area contributed by atoms with Gasteiger partial charge in [0.25, 0.3) is 0 Å². The molecule has 198 valence electrons. The van der Waals surface area contributed by atoms with Crippen LogP contribution in [0.2, 0.25) is 0 Å². The summed E-state index contributed by atoms with van der Waals surface area (Å²) in [5.41, 5.74) is 7.30. The van der Waals surface area contributed by atoms with Crippen molar-refractivity contribution < 1.29 is 29.4 Å². The number of rotatable bonds is 12. The second-order valence-corrected chi connectivity index (χ2v) is 9.69. The highest BCUT2D eigenvalue weighted by molar-refractivity contribution is 5.95. The minimum absolute atomic E-state index is 0.0813. The number of hydrogen-bond donors (Lipinski definition) is 7. The number of benzene rings is 1. The summed E-state index contributed by atoms with van der Waals surface area (Å²) >= 11 is 0. The van der Waals surface area contributed by atoms with E-state index in [1.807, 2.05) is 24.3 Å². The molecule has 1 aromatic heterocycles. The van der Waals surface area contributed by atoms with E-state index in [1.54, 1.807) is 33.9 Å². The van der Waals surface area contributed by atoms with Gasteiger partial charge in [-0.05, 0) is 30.4 Å². The standard InChI is InChI=1S/C25H37N5O6/c1-12(2)20(29-23(33)19(26)14(5)31)24(34)28-18(22(32)30-21(13(3)4)25(35)36)10-15-11-27-17-9-7-6-8-16(15)17/h6-9,11-14,18-21,27,31H,10,26H2,1-5H3,(H,28,34)(H,29,33)(H,30,32)(H,35,36). The van der Waals surface area contributed by atoms with Gasteiger partial charge in [0.1, 0.15) is 24.2 Å². The number of carboxylic acids is 1. The van der Waals surface area contributed by atoms with Crippen LogP contribution < -0.4 is 21.7 Å². The van der Waals surface area contributed by atoms with Crippen molar-refractivity contribution in [3.05, 3.63) is 36.0 Å². The van der Waals surface area contributed by atoms with E-state index < -0.39 is 54.0 Å². The van der Waals surface area contributed by atoms with Gasteiger partial charge in [-0.1, -0.05) is 45.9 Å². The van der Waals surface area contributed by atoms with Gasteiger partial charge in [-0.2, -0.15) is 0 Å². The molecule has 0 fully saturated rings. The van der Waals surface area contributed by atoms with Crippen LogP contribution in [0.3, 0.4) is 0 Å². The number of aliphatic hydroxyl groups is 1. The monoisotopic (exact) mass is 503 g/mol. The van der Waals surface area contributed by atoms with E-state index in [2.05, 4.69) is 20.9 Å². The predicted octanol–water partition coefficient (Wildman–Crippen LogP) is 0.270. The quantitative estimate of drug-likeness (QED) is 0.216. The molecule has 0 aliphatic heterocycles. The van der Waals surface area contributed by atoms with Crippen LogP contribution in [-0.2, 0) is 25.6 Å². The molecular weight excluding hydrogens is 466 g/mol. The van der Waals surface area contributed by atoms with Crippen molar-refractivity contribution in [2.24, 2.45) is 17.6 Å². The second-order valence-electron chi connectivity index (χ2n) is 9.69. The van der Waals surface area contributed by atoms with E-state index in [1.165, 1.54) is 6.92 Å². The Labute approximate surface area is 210 Å². The van der Waals surface area contributed by atoms with Crippen molar-refractivity contribution in [2.45, 2.75) is 71.3 Å². The second kappa shape index (κ2) is 12.5. The number of carbonyl (C=O) groups is 4. The fourth-order valence-electron chi connectivity index (χ4n) is 3.76. The minimum Gasteiger partial charge on any atom is -0.480 e. The van der Waals surface area contributed by atoms with Gasteiger partial charge in [0.05, 0.1) is 6.10 Å². The fourth-order valence-corrected chi connectivity index (χ4v) is 3.76. The van der Waals surface area contributed by atoms with E-state index in [4.69, 9.17) is 5.73 Å². The highest BCUT2D eigenvalue weighted by atomic mass is 16.4. The first kappa shape index (κ1) is 28.8. The van der Waals surface area contributed by atoms with Crippen LogP contribution in [0.5, 0.6) is 0 Å². The average molecular weight is 504 g/mol. The van der Waals surface area contributed by atoms with Crippen LogP contribution in [0.1, 0.15) is 40.2 Å². The molecule has 11 nitrogen and oxygen atoms in total. The van der Waals surface area contributed by atoms with Crippen LogP contribution in [0.25, 0.3) is 10.9 Å². The Bertz CT molecular complexity index is 1080. The number of amides is 3. The molecule has 0 saturated heterocycles. The first-order chi connectivity index (χ1) is 16.8. The van der Waals surface area contributed by atoms with Crippen molar-refractivity contribution in [1.29, 1.82) is 0 Å². The molecule has 1 heterocycles. The maximum absolute atomic E-state index is 13.2. The van der Waals surface area contributed by atoms with Gasteiger partial charge in [0.15, 0.2) is 0 Å². The number of nitrogens with two attached hydrogens (primary N) is 1. The van der Waals surface area contributed by atoms with Crippen LogP contribution in [0, 0.1) is 11.8 Å². The Balaban J connectivity index is 2.32. The molecule has 0 aliphatic carbocycles. The summed E-state index contributed by atoms with van der Waals surface area (Å²) in [6.45, 7) is 8.13. The molecule has 1 aromatic carbocycles. The van der Waals surface area contributed by atoms with Crippen molar-refractivity contribution in [3.63, 3.8) is 0 Å². The zero-order valence-corrected chi connectivity index (χ0v) is 21.2. The Morgan fingerprint density at radius 2 is 1.47 bits per heavy atom. The Hall–Kier alpha value is -3.44. The Kier molecular flexibility index (Phi) is 10.00. The number of para-hydroxylation sites is 1. The van der Waals surface area contributed by atoms with Gasteiger partial charge in [0.2, 0.25) is 17.7 Å². The van der Waals surface area contributed by atoms with Gasteiger partial charge < -0.3 is 36.9 Å². The number of carboxylic acid groups (broad SMARTS) is 1. The van der Waals surface area contributed by atoms with E-state index in [0.29, 0.717) is 0 Å². The maximum Gasteiger partial charge on any atom is 0.326 e. The molecular formula is C25H37N5O6. The van der Waals surface area contributed by atoms with Gasteiger partial charge in [-0.3, -0.25) is 14.4 Å². The summed E-state index contributed by atoms with van der Waals surface area (Å²) in [7, 11) is 0. The SMILES string of the molecule is CC(C)C(NC(=O)C(Cc1c[nH]c2ccccc12)NC(=O)C(NC(=O)C(N)C(C)O)C(C)C)C(=O)O. The summed E-state index contributed by atoms with van der Waals surface area (Å²) in [6.07, 6.45) is 0.695. The molecule has 2 rings (SSSR count). The lowest BCUT2D eigenvalue weighted by molar-refractivity contribution is -0.143. The van der Waals surface area contributed by atoms with Crippen molar-refractivity contribution in [2.75, 3.05) is 0 Å². The van der Waals surface area contributed by atoms with Crippen LogP contribution in [0.4, 0.5) is 0 Å². The van der Waals surface area contributed by atoms with E-state index in [9.17, 15) is 29.4 Å². The molecule has 11 heteroatoms. The lowest BCUT2D eigenvalue weighted by Crippen LogP contribution is -2.60. The number of aliphatic hydroxyl groups excluding tert-OH is 1. The molecule has 2 aromatic rings. The number of aromatic nitrogens is 1. The van der Waals surface area contributed by atoms with Gasteiger partial charge >= 0.3 is 5.97 Å². The molecule has 5 unspecified atom stereocenters. The Morgan fingerprint density at radius 3 is 2.03 bits per heavy atom. The van der Waals surface area contributed by atoms with Crippen LogP contribution in [-0.4, -0.2) is 69.2 Å². The van der Waals surface area contributed by atoms with Crippen molar-refractivity contribution in [3.8, 4) is 0 Å². The molecule has 0 radical (unpaired) electrons. The molecule has 0 bridgehead atoms. The van der Waals surface area contributed by atoms with Crippen molar-refractivity contribution >= 4 is 34.6 Å². The van der Waals surface area contributed by atoms with Gasteiger partial charge in [-0.25, -0.2) is 4.79 Å². The van der Waals surface area contributed by atoms with Gasteiger partial charge in [-0.15, -0.1) is 0 Å². The first-order valence-corrected chi connectivity index (χ1v) is 12.0. The zero-order valence-electron chi connectivity index (χ0n) is 21.2. The zero-order chi connectivity index (χ0) is 27.2. The number of aromatic amines is 1. The number of H-pyrrole nitrogens is 1. The normalized spacial score (nSPS) is 15.7. The van der Waals surface area contributed by atoms with Crippen molar-refractivity contribution in [1.82, 2.24) is 20.9 Å². The lowest BCUT2D eigenvalue weighted by atomic mass is 9.99. The highest BCUT2D eigenvalue weighted by Crippen LogP contribution is 2.19.